The molecule has 0 saturated heterocycles. The molecule has 0 spiro atoms. The number of rotatable bonds is 3. The SMILES string of the molecule is CCC1C=CC=C(c2nc3c(o2)CCCN(c2cccc(Cl)c2)C3)N=C1. The molecular weight excluding hydrogens is 346 g/mol. The van der Waals surface area contributed by atoms with Gasteiger partial charge in [-0.2, -0.15) is 0 Å². The molecule has 134 valence electrons. The van der Waals surface area contributed by atoms with Crippen molar-refractivity contribution in [3.05, 3.63) is 64.9 Å². The summed E-state index contributed by atoms with van der Waals surface area (Å²) in [7, 11) is 0. The van der Waals surface area contributed by atoms with E-state index in [9.17, 15) is 0 Å². The first-order valence-electron chi connectivity index (χ1n) is 9.15. The lowest BCUT2D eigenvalue weighted by atomic mass is 10.1. The highest BCUT2D eigenvalue weighted by molar-refractivity contribution is 6.30. The molecule has 0 aliphatic carbocycles. The van der Waals surface area contributed by atoms with E-state index in [1.165, 1.54) is 0 Å². The summed E-state index contributed by atoms with van der Waals surface area (Å²) in [6.45, 7) is 3.84. The Morgan fingerprint density at radius 3 is 3.12 bits per heavy atom. The molecule has 4 nitrogen and oxygen atoms in total. The third-order valence-electron chi connectivity index (χ3n) is 4.83. The van der Waals surface area contributed by atoms with E-state index in [2.05, 4.69) is 29.0 Å². The highest BCUT2D eigenvalue weighted by Crippen LogP contribution is 2.28. The first kappa shape index (κ1) is 17.1. The van der Waals surface area contributed by atoms with Crippen molar-refractivity contribution in [1.29, 1.82) is 0 Å². The molecule has 2 aliphatic heterocycles. The fourth-order valence-electron chi connectivity index (χ4n) is 3.32. The first-order chi connectivity index (χ1) is 12.7. The van der Waals surface area contributed by atoms with Crippen LogP contribution in [0.1, 0.15) is 37.1 Å². The van der Waals surface area contributed by atoms with Crippen molar-refractivity contribution in [2.75, 3.05) is 11.4 Å². The number of halogens is 1. The summed E-state index contributed by atoms with van der Waals surface area (Å²) in [6, 6.07) is 7.97. The Balaban J connectivity index is 1.60. The molecule has 3 heterocycles. The minimum Gasteiger partial charge on any atom is -0.440 e. The second kappa shape index (κ2) is 7.50. The smallest absolute Gasteiger partial charge is 0.245 e. The third-order valence-corrected chi connectivity index (χ3v) is 5.07. The van der Waals surface area contributed by atoms with Crippen molar-refractivity contribution in [3.63, 3.8) is 0 Å². The van der Waals surface area contributed by atoms with Gasteiger partial charge in [0.25, 0.3) is 0 Å². The monoisotopic (exact) mass is 367 g/mol. The molecule has 2 aliphatic rings. The zero-order chi connectivity index (χ0) is 17.9. The maximum atomic E-state index is 6.16. The number of nitrogens with zero attached hydrogens (tertiary/aromatic N) is 3. The first-order valence-corrected chi connectivity index (χ1v) is 9.53. The number of anilines is 1. The van der Waals surface area contributed by atoms with Crippen molar-refractivity contribution in [3.8, 4) is 0 Å². The zero-order valence-corrected chi connectivity index (χ0v) is 15.6. The molecule has 0 saturated carbocycles. The number of hydrogen-bond donors (Lipinski definition) is 0. The summed E-state index contributed by atoms with van der Waals surface area (Å²) in [5.74, 6) is 1.95. The number of aromatic nitrogens is 1. The number of oxazole rings is 1. The second-order valence-corrected chi connectivity index (χ2v) is 7.12. The van der Waals surface area contributed by atoms with Gasteiger partial charge >= 0.3 is 0 Å². The molecule has 0 radical (unpaired) electrons. The van der Waals surface area contributed by atoms with Gasteiger partial charge in [-0.1, -0.05) is 36.7 Å². The summed E-state index contributed by atoms with van der Waals surface area (Å²) in [5, 5.41) is 0.753. The van der Waals surface area contributed by atoms with Crippen molar-refractivity contribution in [1.82, 2.24) is 4.98 Å². The van der Waals surface area contributed by atoms with E-state index in [1.807, 2.05) is 36.6 Å². The number of aryl methyl sites for hydroxylation is 1. The molecule has 1 aromatic heterocycles. The van der Waals surface area contributed by atoms with Crippen LogP contribution in [0.4, 0.5) is 5.69 Å². The van der Waals surface area contributed by atoms with Gasteiger partial charge in [-0.05, 0) is 37.1 Å². The Kier molecular flexibility index (Phi) is 4.93. The number of aliphatic imine (C=N–C) groups is 1. The number of fused-ring (bicyclic) bond motifs is 1. The van der Waals surface area contributed by atoms with Crippen molar-refractivity contribution >= 4 is 29.2 Å². The number of hydrogen-bond acceptors (Lipinski definition) is 4. The molecule has 0 bridgehead atoms. The van der Waals surface area contributed by atoms with Crippen molar-refractivity contribution < 1.29 is 4.42 Å². The molecule has 1 atom stereocenters. The van der Waals surface area contributed by atoms with E-state index in [4.69, 9.17) is 21.0 Å². The van der Waals surface area contributed by atoms with E-state index in [0.717, 1.165) is 60.2 Å². The lowest BCUT2D eigenvalue weighted by Gasteiger charge is -2.22. The molecule has 0 amide bonds. The van der Waals surface area contributed by atoms with Gasteiger partial charge in [0.1, 0.15) is 17.2 Å². The lowest BCUT2D eigenvalue weighted by molar-refractivity contribution is 0.486. The van der Waals surface area contributed by atoms with E-state index >= 15 is 0 Å². The highest BCUT2D eigenvalue weighted by Gasteiger charge is 2.22. The fraction of sp³-hybridized carbons (Fsp3) is 0.333. The summed E-state index contributed by atoms with van der Waals surface area (Å²) < 4.78 is 6.08. The topological polar surface area (TPSA) is 41.6 Å². The molecule has 0 fully saturated rings. The maximum Gasteiger partial charge on any atom is 0.245 e. The normalized spacial score (nSPS) is 19.7. The molecule has 0 N–H and O–H groups in total. The van der Waals surface area contributed by atoms with Crippen LogP contribution in [0.25, 0.3) is 5.70 Å². The summed E-state index contributed by atoms with van der Waals surface area (Å²) >= 11 is 6.16. The maximum absolute atomic E-state index is 6.16. The third kappa shape index (κ3) is 3.61. The van der Waals surface area contributed by atoms with Crippen LogP contribution in [0, 0.1) is 5.92 Å². The average molecular weight is 368 g/mol. The van der Waals surface area contributed by atoms with Crippen molar-refractivity contribution in [2.24, 2.45) is 10.9 Å². The Bertz CT molecular complexity index is 881. The molecule has 26 heavy (non-hydrogen) atoms. The Morgan fingerprint density at radius 1 is 1.35 bits per heavy atom. The van der Waals surface area contributed by atoms with Crippen LogP contribution in [0.2, 0.25) is 5.02 Å². The van der Waals surface area contributed by atoms with E-state index < -0.39 is 0 Å². The molecule has 2 aromatic rings. The lowest BCUT2D eigenvalue weighted by Crippen LogP contribution is -2.22. The van der Waals surface area contributed by atoms with Crippen LogP contribution < -0.4 is 4.90 Å². The van der Waals surface area contributed by atoms with Crippen LogP contribution in [0.5, 0.6) is 0 Å². The van der Waals surface area contributed by atoms with Gasteiger partial charge in [0.05, 0.1) is 6.54 Å². The van der Waals surface area contributed by atoms with Gasteiger partial charge in [0.2, 0.25) is 5.89 Å². The minimum absolute atomic E-state index is 0.370. The van der Waals surface area contributed by atoms with Gasteiger partial charge in [-0.15, -0.1) is 0 Å². The molecule has 4 rings (SSSR count). The zero-order valence-electron chi connectivity index (χ0n) is 14.9. The largest absolute Gasteiger partial charge is 0.440 e. The van der Waals surface area contributed by atoms with Gasteiger partial charge in [0.15, 0.2) is 0 Å². The van der Waals surface area contributed by atoms with Crippen LogP contribution >= 0.6 is 11.6 Å². The Hall–Kier alpha value is -2.33. The molecule has 5 heteroatoms. The van der Waals surface area contributed by atoms with Gasteiger partial charge in [-0.3, -0.25) is 4.99 Å². The fourth-order valence-corrected chi connectivity index (χ4v) is 3.51. The summed E-state index contributed by atoms with van der Waals surface area (Å²) in [4.78, 5) is 11.7. The predicted molar refractivity (Wildman–Crippen MR) is 107 cm³/mol. The van der Waals surface area contributed by atoms with Gasteiger partial charge in [-0.25, -0.2) is 4.98 Å². The number of benzene rings is 1. The van der Waals surface area contributed by atoms with E-state index in [0.29, 0.717) is 11.8 Å². The Morgan fingerprint density at radius 2 is 2.27 bits per heavy atom. The molecule has 1 unspecified atom stereocenters. The quantitative estimate of drug-likeness (QED) is 0.740. The minimum atomic E-state index is 0.370. The van der Waals surface area contributed by atoms with E-state index in [1.54, 1.807) is 0 Å². The second-order valence-electron chi connectivity index (χ2n) is 6.68. The van der Waals surface area contributed by atoms with Gasteiger partial charge < -0.3 is 9.32 Å². The predicted octanol–water partition coefficient (Wildman–Crippen LogP) is 5.29. The molecular formula is C21H22ClN3O. The molecule has 1 aromatic carbocycles. The summed E-state index contributed by atoms with van der Waals surface area (Å²) in [6.07, 6.45) is 11.1. The standard InChI is InChI=1S/C21H22ClN3O/c1-2-15-6-3-9-18(23-13-15)21-24-19-14-25(11-5-10-20(19)26-21)17-8-4-7-16(22)12-17/h3-4,6-9,12-13,15H,2,5,10-11,14H2,1H3. The van der Waals surface area contributed by atoms with Crippen LogP contribution in [0.3, 0.4) is 0 Å². The van der Waals surface area contributed by atoms with Crippen molar-refractivity contribution in [2.45, 2.75) is 32.7 Å². The Labute approximate surface area is 158 Å². The van der Waals surface area contributed by atoms with Crippen LogP contribution in [-0.2, 0) is 13.0 Å². The highest BCUT2D eigenvalue weighted by atomic mass is 35.5. The van der Waals surface area contributed by atoms with Crippen LogP contribution in [-0.4, -0.2) is 17.7 Å². The summed E-state index contributed by atoms with van der Waals surface area (Å²) in [5.41, 5.74) is 2.91. The number of allylic oxidation sites excluding steroid dienone is 3. The average Bonchev–Trinajstić information content (AvgIpc) is 2.82. The van der Waals surface area contributed by atoms with Gasteiger partial charge in [0, 0.05) is 35.8 Å². The van der Waals surface area contributed by atoms with E-state index in [-0.39, 0.29) is 0 Å². The van der Waals surface area contributed by atoms with Crippen LogP contribution in [0.15, 0.2) is 51.9 Å².